The van der Waals surface area contributed by atoms with Crippen LogP contribution in [0.1, 0.15) is 6.92 Å². The van der Waals surface area contributed by atoms with E-state index < -0.39 is 23.9 Å². The van der Waals surface area contributed by atoms with Gasteiger partial charge in [0.2, 0.25) is 5.91 Å². The fourth-order valence-electron chi connectivity index (χ4n) is 1.08. The van der Waals surface area contributed by atoms with E-state index in [0.29, 0.717) is 0 Å². The molecule has 0 bridgehead atoms. The van der Waals surface area contributed by atoms with Crippen LogP contribution in [-0.4, -0.2) is 12.3 Å². The Labute approximate surface area is 101 Å². The van der Waals surface area contributed by atoms with Crippen LogP contribution in [0.3, 0.4) is 0 Å². The van der Waals surface area contributed by atoms with Gasteiger partial charge >= 0.3 is 6.36 Å². The van der Waals surface area contributed by atoms with E-state index in [1.54, 1.807) is 6.07 Å². The number of nitriles is 1. The molecule has 96 valence electrons. The van der Waals surface area contributed by atoms with Crippen LogP contribution >= 0.6 is 0 Å². The Morgan fingerprint density at radius 1 is 1.50 bits per heavy atom. The summed E-state index contributed by atoms with van der Waals surface area (Å²) in [6.45, 7) is 1.38. The number of hydrogen-bond donors (Lipinski definition) is 1. The van der Waals surface area contributed by atoms with Crippen molar-refractivity contribution >= 4 is 11.6 Å². The van der Waals surface area contributed by atoms with Gasteiger partial charge in [-0.1, -0.05) is 6.07 Å². The summed E-state index contributed by atoms with van der Waals surface area (Å²) in [5, 5.41) is 10.8. The molecule has 1 rings (SSSR count). The first-order chi connectivity index (χ1) is 8.31. The third-order valence-corrected chi connectivity index (χ3v) is 1.92. The SMILES string of the molecule is CC(C#N)C(=O)Nc1cccc(OC(F)(F)F)c1. The third-order valence-electron chi connectivity index (χ3n) is 1.92. The summed E-state index contributed by atoms with van der Waals surface area (Å²) in [6, 6.07) is 6.54. The standard InChI is InChI=1S/C11H9F3N2O2/c1-7(6-15)10(17)16-8-3-2-4-9(5-8)18-11(12,13)14/h2-5,7H,1H3,(H,16,17). The minimum atomic E-state index is -4.79. The largest absolute Gasteiger partial charge is 0.573 e. The first-order valence-electron chi connectivity index (χ1n) is 4.88. The van der Waals surface area contributed by atoms with E-state index in [1.807, 2.05) is 0 Å². The van der Waals surface area contributed by atoms with Crippen molar-refractivity contribution in [3.63, 3.8) is 0 Å². The maximum atomic E-state index is 12.0. The molecule has 0 fully saturated rings. The van der Waals surface area contributed by atoms with Crippen molar-refractivity contribution in [3.05, 3.63) is 24.3 Å². The minimum absolute atomic E-state index is 0.129. The molecule has 7 heteroatoms. The lowest BCUT2D eigenvalue weighted by Crippen LogP contribution is -2.19. The molecular formula is C11H9F3N2O2. The van der Waals surface area contributed by atoms with Crippen molar-refractivity contribution in [1.82, 2.24) is 0 Å². The smallest absolute Gasteiger partial charge is 0.406 e. The zero-order chi connectivity index (χ0) is 13.8. The number of nitrogens with one attached hydrogen (secondary N) is 1. The van der Waals surface area contributed by atoms with Crippen LogP contribution in [0, 0.1) is 17.2 Å². The van der Waals surface area contributed by atoms with Gasteiger partial charge in [0.25, 0.3) is 0 Å². The van der Waals surface area contributed by atoms with Gasteiger partial charge in [-0.2, -0.15) is 5.26 Å². The topological polar surface area (TPSA) is 62.1 Å². The molecule has 0 heterocycles. The van der Waals surface area contributed by atoms with Crippen molar-refractivity contribution in [3.8, 4) is 11.8 Å². The second kappa shape index (κ2) is 5.40. The zero-order valence-electron chi connectivity index (χ0n) is 9.28. The predicted molar refractivity (Wildman–Crippen MR) is 56.5 cm³/mol. The molecule has 18 heavy (non-hydrogen) atoms. The van der Waals surface area contributed by atoms with Gasteiger partial charge in [-0.15, -0.1) is 13.2 Å². The van der Waals surface area contributed by atoms with Crippen molar-refractivity contribution in [2.24, 2.45) is 5.92 Å². The van der Waals surface area contributed by atoms with Crippen molar-refractivity contribution in [1.29, 1.82) is 5.26 Å². The fraction of sp³-hybridized carbons (Fsp3) is 0.273. The number of carbonyl (C=O) groups is 1. The summed E-state index contributed by atoms with van der Waals surface area (Å²) in [5.41, 5.74) is 0.129. The van der Waals surface area contributed by atoms with Gasteiger partial charge in [0, 0.05) is 11.8 Å². The molecule has 0 saturated heterocycles. The van der Waals surface area contributed by atoms with E-state index in [9.17, 15) is 18.0 Å². The average molecular weight is 258 g/mol. The number of benzene rings is 1. The predicted octanol–water partition coefficient (Wildman–Crippen LogP) is 2.68. The Bertz CT molecular complexity index is 480. The van der Waals surface area contributed by atoms with Crippen molar-refractivity contribution in [2.75, 3.05) is 5.32 Å². The number of amides is 1. The van der Waals surface area contributed by atoms with E-state index in [1.165, 1.54) is 19.1 Å². The van der Waals surface area contributed by atoms with Crippen molar-refractivity contribution in [2.45, 2.75) is 13.3 Å². The highest BCUT2D eigenvalue weighted by Gasteiger charge is 2.31. The molecule has 1 unspecified atom stereocenters. The number of rotatable bonds is 3. The molecule has 0 radical (unpaired) electrons. The van der Waals surface area contributed by atoms with Gasteiger partial charge in [-0.3, -0.25) is 4.79 Å². The molecule has 1 amide bonds. The first kappa shape index (κ1) is 13.8. The fourth-order valence-corrected chi connectivity index (χ4v) is 1.08. The molecule has 1 N–H and O–H groups in total. The highest BCUT2D eigenvalue weighted by molar-refractivity contribution is 5.93. The molecule has 1 aromatic carbocycles. The number of ether oxygens (including phenoxy) is 1. The Morgan fingerprint density at radius 2 is 2.17 bits per heavy atom. The molecular weight excluding hydrogens is 249 g/mol. The second-order valence-corrected chi connectivity index (χ2v) is 3.42. The van der Waals surface area contributed by atoms with E-state index >= 15 is 0 Å². The highest BCUT2D eigenvalue weighted by Crippen LogP contribution is 2.25. The summed E-state index contributed by atoms with van der Waals surface area (Å²) in [5.74, 6) is -1.93. The molecule has 0 aromatic heterocycles. The summed E-state index contributed by atoms with van der Waals surface area (Å²) in [6.07, 6.45) is -4.79. The molecule has 4 nitrogen and oxygen atoms in total. The summed E-state index contributed by atoms with van der Waals surface area (Å²) < 4.78 is 39.6. The molecule has 0 aliphatic carbocycles. The maximum absolute atomic E-state index is 12.0. The van der Waals surface area contributed by atoms with Gasteiger partial charge in [0.1, 0.15) is 11.7 Å². The maximum Gasteiger partial charge on any atom is 0.573 e. The number of hydrogen-bond acceptors (Lipinski definition) is 3. The van der Waals surface area contributed by atoms with Crippen molar-refractivity contribution < 1.29 is 22.7 Å². The normalized spacial score (nSPS) is 12.4. The van der Waals surface area contributed by atoms with Crippen LogP contribution in [0.4, 0.5) is 18.9 Å². The van der Waals surface area contributed by atoms with Crippen LogP contribution in [0.5, 0.6) is 5.75 Å². The van der Waals surface area contributed by atoms with Gasteiger partial charge in [0.05, 0.1) is 6.07 Å². The quantitative estimate of drug-likeness (QED) is 0.906. The molecule has 0 saturated carbocycles. The van der Waals surface area contributed by atoms with Gasteiger partial charge < -0.3 is 10.1 Å². The summed E-state index contributed by atoms with van der Waals surface area (Å²) >= 11 is 0. The Balaban J connectivity index is 2.77. The molecule has 0 spiro atoms. The van der Waals surface area contributed by atoms with Crippen LogP contribution in [0.15, 0.2) is 24.3 Å². The zero-order valence-corrected chi connectivity index (χ0v) is 9.28. The van der Waals surface area contributed by atoms with E-state index in [2.05, 4.69) is 10.1 Å². The molecule has 1 aromatic rings. The van der Waals surface area contributed by atoms with Crippen LogP contribution in [0.2, 0.25) is 0 Å². The van der Waals surface area contributed by atoms with Gasteiger partial charge in [-0.05, 0) is 19.1 Å². The second-order valence-electron chi connectivity index (χ2n) is 3.42. The molecule has 0 aliphatic rings. The van der Waals surface area contributed by atoms with E-state index in [4.69, 9.17) is 5.26 Å². The lowest BCUT2D eigenvalue weighted by Gasteiger charge is -2.11. The van der Waals surface area contributed by atoms with Crippen LogP contribution < -0.4 is 10.1 Å². The third kappa shape index (κ3) is 4.33. The number of alkyl halides is 3. The van der Waals surface area contributed by atoms with Gasteiger partial charge in [-0.25, -0.2) is 0 Å². The molecule has 0 aliphatic heterocycles. The highest BCUT2D eigenvalue weighted by atomic mass is 19.4. The lowest BCUT2D eigenvalue weighted by atomic mass is 10.2. The summed E-state index contributed by atoms with van der Waals surface area (Å²) in [4.78, 5) is 11.3. The Morgan fingerprint density at radius 3 is 2.72 bits per heavy atom. The minimum Gasteiger partial charge on any atom is -0.406 e. The number of nitrogens with zero attached hydrogens (tertiary/aromatic N) is 1. The van der Waals surface area contributed by atoms with Gasteiger partial charge in [0.15, 0.2) is 0 Å². The lowest BCUT2D eigenvalue weighted by molar-refractivity contribution is -0.274. The monoisotopic (exact) mass is 258 g/mol. The average Bonchev–Trinajstić information content (AvgIpc) is 2.26. The Hall–Kier alpha value is -2.23. The van der Waals surface area contributed by atoms with E-state index in [0.717, 1.165) is 12.1 Å². The van der Waals surface area contributed by atoms with E-state index in [-0.39, 0.29) is 5.69 Å². The Kier molecular flexibility index (Phi) is 4.15. The number of carbonyl (C=O) groups excluding carboxylic acids is 1. The number of halogens is 3. The van der Waals surface area contributed by atoms with Crippen LogP contribution in [-0.2, 0) is 4.79 Å². The van der Waals surface area contributed by atoms with Crippen LogP contribution in [0.25, 0.3) is 0 Å². The number of anilines is 1. The molecule has 1 atom stereocenters. The summed E-state index contributed by atoms with van der Waals surface area (Å²) in [7, 11) is 0. The first-order valence-corrected chi connectivity index (χ1v) is 4.88.